The minimum absolute atomic E-state index is 0.0445. The molecule has 98 valence electrons. The Bertz CT molecular complexity index is 611. The standard InChI is InChI=1S/C15H12BrFO2/c1-2-19-11-6-3-5-10(9-11)15(18)12-7-4-8-13(16)14(12)17/h3-9H,2H2,1H3. The summed E-state index contributed by atoms with van der Waals surface area (Å²) in [5, 5.41) is 0. The minimum Gasteiger partial charge on any atom is -0.494 e. The molecule has 0 radical (unpaired) electrons. The van der Waals surface area contributed by atoms with Crippen molar-refractivity contribution in [3.63, 3.8) is 0 Å². The van der Waals surface area contributed by atoms with Crippen LogP contribution in [0.15, 0.2) is 46.9 Å². The van der Waals surface area contributed by atoms with E-state index in [1.54, 1.807) is 36.4 Å². The number of benzene rings is 2. The number of ketones is 1. The molecule has 0 saturated carbocycles. The first-order valence-electron chi connectivity index (χ1n) is 5.85. The minimum atomic E-state index is -0.547. The predicted octanol–water partition coefficient (Wildman–Crippen LogP) is 4.22. The van der Waals surface area contributed by atoms with E-state index in [9.17, 15) is 9.18 Å². The molecule has 0 aliphatic heterocycles. The van der Waals surface area contributed by atoms with Gasteiger partial charge in [-0.2, -0.15) is 0 Å². The van der Waals surface area contributed by atoms with E-state index < -0.39 is 5.82 Å². The third-order valence-corrected chi connectivity index (χ3v) is 3.22. The Hall–Kier alpha value is -1.68. The molecule has 0 fully saturated rings. The summed E-state index contributed by atoms with van der Waals surface area (Å²) in [5.41, 5.74) is 0.450. The third kappa shape index (κ3) is 3.01. The molecular weight excluding hydrogens is 311 g/mol. The predicted molar refractivity (Wildman–Crippen MR) is 75.1 cm³/mol. The summed E-state index contributed by atoms with van der Waals surface area (Å²) in [7, 11) is 0. The molecule has 2 aromatic carbocycles. The van der Waals surface area contributed by atoms with E-state index >= 15 is 0 Å². The highest BCUT2D eigenvalue weighted by molar-refractivity contribution is 9.10. The molecule has 0 spiro atoms. The van der Waals surface area contributed by atoms with E-state index in [0.717, 1.165) is 0 Å². The molecule has 2 nitrogen and oxygen atoms in total. The molecule has 0 aromatic heterocycles. The molecule has 0 amide bonds. The normalized spacial score (nSPS) is 10.3. The highest BCUT2D eigenvalue weighted by Crippen LogP contribution is 2.22. The Labute approximate surface area is 119 Å². The van der Waals surface area contributed by atoms with Crippen molar-refractivity contribution in [1.29, 1.82) is 0 Å². The second kappa shape index (κ2) is 5.97. The summed E-state index contributed by atoms with van der Waals surface area (Å²) in [6.07, 6.45) is 0. The lowest BCUT2D eigenvalue weighted by Gasteiger charge is -2.07. The fourth-order valence-corrected chi connectivity index (χ4v) is 2.09. The molecule has 4 heteroatoms. The zero-order chi connectivity index (χ0) is 13.8. The molecule has 0 bridgehead atoms. The molecule has 2 aromatic rings. The lowest BCUT2D eigenvalue weighted by Crippen LogP contribution is -2.05. The summed E-state index contributed by atoms with van der Waals surface area (Å²) in [6.45, 7) is 2.38. The lowest BCUT2D eigenvalue weighted by atomic mass is 10.0. The van der Waals surface area contributed by atoms with Crippen LogP contribution >= 0.6 is 15.9 Å². The van der Waals surface area contributed by atoms with Crippen LogP contribution in [0.2, 0.25) is 0 Å². The van der Waals surface area contributed by atoms with Gasteiger partial charge in [0.25, 0.3) is 0 Å². The maximum atomic E-state index is 13.9. The molecule has 0 unspecified atom stereocenters. The SMILES string of the molecule is CCOc1cccc(C(=O)c2cccc(Br)c2F)c1. The van der Waals surface area contributed by atoms with Crippen LogP contribution in [0.25, 0.3) is 0 Å². The van der Waals surface area contributed by atoms with Crippen LogP contribution in [0.1, 0.15) is 22.8 Å². The summed E-state index contributed by atoms with van der Waals surface area (Å²) in [5.74, 6) is -0.307. The lowest BCUT2D eigenvalue weighted by molar-refractivity contribution is 0.103. The first-order valence-corrected chi connectivity index (χ1v) is 6.64. The number of carbonyl (C=O) groups is 1. The van der Waals surface area contributed by atoms with Gasteiger partial charge in [-0.25, -0.2) is 4.39 Å². The highest BCUT2D eigenvalue weighted by Gasteiger charge is 2.16. The van der Waals surface area contributed by atoms with Crippen LogP contribution in [0.4, 0.5) is 4.39 Å². The molecular formula is C15H12BrFO2. The monoisotopic (exact) mass is 322 g/mol. The molecule has 0 N–H and O–H groups in total. The topological polar surface area (TPSA) is 26.3 Å². The van der Waals surface area contributed by atoms with E-state index in [2.05, 4.69) is 15.9 Å². The van der Waals surface area contributed by atoms with Gasteiger partial charge >= 0.3 is 0 Å². The van der Waals surface area contributed by atoms with Crippen molar-refractivity contribution in [3.8, 4) is 5.75 Å². The van der Waals surface area contributed by atoms with Gasteiger partial charge in [0.15, 0.2) is 5.78 Å². The van der Waals surface area contributed by atoms with Gasteiger partial charge in [0, 0.05) is 5.56 Å². The second-order valence-corrected chi connectivity index (χ2v) is 4.75. The second-order valence-electron chi connectivity index (χ2n) is 3.89. The largest absolute Gasteiger partial charge is 0.494 e. The molecule has 0 heterocycles. The summed E-state index contributed by atoms with van der Waals surface area (Å²) in [4.78, 5) is 12.3. The Balaban J connectivity index is 2.38. The van der Waals surface area contributed by atoms with Gasteiger partial charge in [0.2, 0.25) is 0 Å². The van der Waals surface area contributed by atoms with E-state index in [1.807, 2.05) is 6.92 Å². The fraction of sp³-hybridized carbons (Fsp3) is 0.133. The Kier molecular flexibility index (Phi) is 4.32. The van der Waals surface area contributed by atoms with Crippen LogP contribution in [-0.2, 0) is 0 Å². The van der Waals surface area contributed by atoms with Gasteiger partial charge < -0.3 is 4.74 Å². The van der Waals surface area contributed by atoms with E-state index in [4.69, 9.17) is 4.74 Å². The molecule has 0 aliphatic carbocycles. The number of halogens is 2. The summed E-state index contributed by atoms with van der Waals surface area (Å²) in [6, 6.07) is 11.4. The first-order chi connectivity index (χ1) is 9.13. The molecule has 0 saturated heterocycles. The zero-order valence-corrected chi connectivity index (χ0v) is 11.9. The quantitative estimate of drug-likeness (QED) is 0.788. The molecule has 0 aliphatic rings. The van der Waals surface area contributed by atoms with Gasteiger partial charge in [0.05, 0.1) is 16.6 Å². The van der Waals surface area contributed by atoms with E-state index in [-0.39, 0.29) is 15.8 Å². The maximum Gasteiger partial charge on any atom is 0.196 e. The van der Waals surface area contributed by atoms with E-state index in [0.29, 0.717) is 17.9 Å². The Morgan fingerprint density at radius 3 is 2.74 bits per heavy atom. The van der Waals surface area contributed by atoms with E-state index in [1.165, 1.54) is 6.07 Å². The van der Waals surface area contributed by atoms with Crippen LogP contribution < -0.4 is 4.74 Å². The third-order valence-electron chi connectivity index (χ3n) is 2.60. The molecule has 19 heavy (non-hydrogen) atoms. The van der Waals surface area contributed by atoms with Crippen molar-refractivity contribution in [1.82, 2.24) is 0 Å². The number of ether oxygens (including phenoxy) is 1. The van der Waals surface area contributed by atoms with Crippen molar-refractivity contribution >= 4 is 21.7 Å². The average molecular weight is 323 g/mol. The first kappa shape index (κ1) is 13.7. The van der Waals surface area contributed by atoms with Crippen LogP contribution in [0, 0.1) is 5.82 Å². The van der Waals surface area contributed by atoms with Crippen molar-refractivity contribution < 1.29 is 13.9 Å². The number of carbonyl (C=O) groups excluding carboxylic acids is 1. The Morgan fingerprint density at radius 1 is 1.26 bits per heavy atom. The van der Waals surface area contributed by atoms with Gasteiger partial charge in [-0.05, 0) is 47.1 Å². The van der Waals surface area contributed by atoms with Gasteiger partial charge in [0.1, 0.15) is 11.6 Å². The maximum absolute atomic E-state index is 13.9. The van der Waals surface area contributed by atoms with Crippen molar-refractivity contribution in [2.45, 2.75) is 6.92 Å². The Morgan fingerprint density at radius 2 is 2.00 bits per heavy atom. The molecule has 2 rings (SSSR count). The van der Waals surface area contributed by atoms with Gasteiger partial charge in [-0.3, -0.25) is 4.79 Å². The number of hydrogen-bond acceptors (Lipinski definition) is 2. The highest BCUT2D eigenvalue weighted by atomic mass is 79.9. The van der Waals surface area contributed by atoms with Crippen molar-refractivity contribution in [2.75, 3.05) is 6.61 Å². The zero-order valence-electron chi connectivity index (χ0n) is 10.3. The summed E-state index contributed by atoms with van der Waals surface area (Å²) >= 11 is 3.07. The number of rotatable bonds is 4. The van der Waals surface area contributed by atoms with Crippen LogP contribution in [0.3, 0.4) is 0 Å². The van der Waals surface area contributed by atoms with Crippen molar-refractivity contribution in [3.05, 3.63) is 63.9 Å². The molecule has 0 atom stereocenters. The van der Waals surface area contributed by atoms with Crippen LogP contribution in [-0.4, -0.2) is 12.4 Å². The van der Waals surface area contributed by atoms with Gasteiger partial charge in [-0.15, -0.1) is 0 Å². The fourth-order valence-electron chi connectivity index (χ4n) is 1.73. The summed E-state index contributed by atoms with van der Waals surface area (Å²) < 4.78 is 19.5. The average Bonchev–Trinajstić information content (AvgIpc) is 2.42. The number of hydrogen-bond donors (Lipinski definition) is 0. The van der Waals surface area contributed by atoms with Crippen molar-refractivity contribution in [2.24, 2.45) is 0 Å². The smallest absolute Gasteiger partial charge is 0.196 e. The van der Waals surface area contributed by atoms with Crippen LogP contribution in [0.5, 0.6) is 5.75 Å². The van der Waals surface area contributed by atoms with Gasteiger partial charge in [-0.1, -0.05) is 18.2 Å².